The Morgan fingerprint density at radius 3 is 2.58 bits per heavy atom. The molecule has 1 atom stereocenters. The molecule has 3 nitrogen and oxygen atoms in total. The largest absolute Gasteiger partial charge is 0.495 e. The predicted octanol–water partition coefficient (Wildman–Crippen LogP) is 5.46. The van der Waals surface area contributed by atoms with Gasteiger partial charge in [0.2, 0.25) is 0 Å². The Hall–Kier alpha value is -2.23. The molecular weight excluding hydrogens is 322 g/mol. The van der Waals surface area contributed by atoms with Gasteiger partial charge in [-0.05, 0) is 42.8 Å². The van der Waals surface area contributed by atoms with Gasteiger partial charge in [0.25, 0.3) is 0 Å². The molecule has 24 heavy (non-hydrogen) atoms. The maximum atomic E-state index is 6.18. The van der Waals surface area contributed by atoms with Crippen LogP contribution in [0.2, 0.25) is 5.02 Å². The van der Waals surface area contributed by atoms with Gasteiger partial charge in [-0.2, -0.15) is 0 Å². The van der Waals surface area contributed by atoms with E-state index in [2.05, 4.69) is 24.4 Å². The van der Waals surface area contributed by atoms with E-state index in [4.69, 9.17) is 20.8 Å². The molecule has 4 heteroatoms. The number of furan rings is 1. The molecule has 0 saturated carbocycles. The zero-order valence-corrected chi connectivity index (χ0v) is 14.5. The number of hydrogen-bond donors (Lipinski definition) is 1. The Morgan fingerprint density at radius 2 is 1.88 bits per heavy atom. The minimum atomic E-state index is 0.259. The monoisotopic (exact) mass is 341 g/mol. The van der Waals surface area contributed by atoms with Crippen LogP contribution >= 0.6 is 11.6 Å². The van der Waals surface area contributed by atoms with Crippen molar-refractivity contribution in [1.29, 1.82) is 0 Å². The topological polar surface area (TPSA) is 34.4 Å². The summed E-state index contributed by atoms with van der Waals surface area (Å²) in [5.74, 6) is 2.34. The lowest BCUT2D eigenvalue weighted by atomic mass is 10.1. The second-order valence-corrected chi connectivity index (χ2v) is 6.04. The lowest BCUT2D eigenvalue weighted by molar-refractivity contribution is 0.415. The van der Waals surface area contributed by atoms with Crippen molar-refractivity contribution < 1.29 is 9.15 Å². The van der Waals surface area contributed by atoms with Crippen LogP contribution in [0.4, 0.5) is 0 Å². The van der Waals surface area contributed by atoms with Crippen LogP contribution in [0.3, 0.4) is 0 Å². The summed E-state index contributed by atoms with van der Waals surface area (Å²) < 4.78 is 11.1. The number of hydrogen-bond acceptors (Lipinski definition) is 3. The fourth-order valence-corrected chi connectivity index (χ4v) is 2.82. The van der Waals surface area contributed by atoms with Crippen molar-refractivity contribution in [3.8, 4) is 17.1 Å². The van der Waals surface area contributed by atoms with Gasteiger partial charge < -0.3 is 14.5 Å². The molecule has 0 saturated heterocycles. The molecule has 0 radical (unpaired) electrons. The molecule has 0 amide bonds. The zero-order chi connectivity index (χ0) is 16.9. The normalized spacial score (nSPS) is 12.1. The Bertz CT molecular complexity index is 798. The third-order valence-electron chi connectivity index (χ3n) is 3.98. The average molecular weight is 342 g/mol. The standard InChI is InChI=1S/C20H20ClNO2/c1-14(15-6-4-3-5-7-15)22-13-17-9-11-19(24-17)16-8-10-20(23-2)18(21)12-16/h3-12,14,22H,13H2,1-2H3. The van der Waals surface area contributed by atoms with Crippen molar-refractivity contribution in [2.45, 2.75) is 19.5 Å². The first-order valence-corrected chi connectivity index (χ1v) is 8.26. The number of nitrogens with one attached hydrogen (secondary N) is 1. The highest BCUT2D eigenvalue weighted by atomic mass is 35.5. The summed E-state index contributed by atoms with van der Waals surface area (Å²) in [5.41, 5.74) is 2.19. The Morgan fingerprint density at radius 1 is 1.08 bits per heavy atom. The zero-order valence-electron chi connectivity index (χ0n) is 13.8. The molecule has 0 fully saturated rings. The van der Waals surface area contributed by atoms with Crippen LogP contribution in [0.15, 0.2) is 65.1 Å². The third kappa shape index (κ3) is 3.81. The molecule has 1 aromatic heterocycles. The number of halogens is 1. The molecule has 1 unspecified atom stereocenters. The molecule has 0 bridgehead atoms. The molecule has 1 N–H and O–H groups in total. The maximum absolute atomic E-state index is 6.18. The minimum Gasteiger partial charge on any atom is -0.495 e. The van der Waals surface area contributed by atoms with Gasteiger partial charge in [-0.1, -0.05) is 41.9 Å². The average Bonchev–Trinajstić information content (AvgIpc) is 3.09. The highest BCUT2D eigenvalue weighted by Crippen LogP contribution is 2.31. The third-order valence-corrected chi connectivity index (χ3v) is 4.28. The van der Waals surface area contributed by atoms with Gasteiger partial charge in [-0.15, -0.1) is 0 Å². The number of ether oxygens (including phenoxy) is 1. The number of rotatable bonds is 6. The van der Waals surface area contributed by atoms with Crippen LogP contribution in [0, 0.1) is 0 Å². The summed E-state index contributed by atoms with van der Waals surface area (Å²) in [4.78, 5) is 0. The van der Waals surface area contributed by atoms with Crippen molar-refractivity contribution in [1.82, 2.24) is 5.32 Å². The van der Waals surface area contributed by atoms with Crippen LogP contribution < -0.4 is 10.1 Å². The molecule has 1 heterocycles. The Balaban J connectivity index is 1.66. The van der Waals surface area contributed by atoms with E-state index in [-0.39, 0.29) is 6.04 Å². The quantitative estimate of drug-likeness (QED) is 0.646. The van der Waals surface area contributed by atoms with Crippen LogP contribution in [0.25, 0.3) is 11.3 Å². The van der Waals surface area contributed by atoms with Crippen LogP contribution in [-0.4, -0.2) is 7.11 Å². The van der Waals surface area contributed by atoms with Crippen molar-refractivity contribution in [3.05, 3.63) is 77.0 Å². The van der Waals surface area contributed by atoms with E-state index < -0.39 is 0 Å². The molecule has 3 aromatic rings. The van der Waals surface area contributed by atoms with Gasteiger partial charge in [-0.3, -0.25) is 0 Å². The molecule has 0 aliphatic carbocycles. The van der Waals surface area contributed by atoms with Gasteiger partial charge in [0.05, 0.1) is 18.7 Å². The van der Waals surface area contributed by atoms with Crippen molar-refractivity contribution in [2.24, 2.45) is 0 Å². The van der Waals surface area contributed by atoms with Gasteiger partial charge in [0.15, 0.2) is 0 Å². The molecule has 3 rings (SSSR count). The second-order valence-electron chi connectivity index (χ2n) is 5.63. The molecule has 0 aliphatic rings. The maximum Gasteiger partial charge on any atom is 0.137 e. The first-order valence-electron chi connectivity index (χ1n) is 7.88. The number of benzene rings is 2. The summed E-state index contributed by atoms with van der Waals surface area (Å²) >= 11 is 6.18. The summed E-state index contributed by atoms with van der Waals surface area (Å²) in [7, 11) is 1.60. The van der Waals surface area contributed by atoms with Crippen molar-refractivity contribution in [3.63, 3.8) is 0 Å². The highest BCUT2D eigenvalue weighted by Gasteiger charge is 2.09. The predicted molar refractivity (Wildman–Crippen MR) is 97.4 cm³/mol. The molecule has 0 spiro atoms. The van der Waals surface area contributed by atoms with Crippen molar-refractivity contribution in [2.75, 3.05) is 7.11 Å². The molecular formula is C20H20ClNO2. The second kappa shape index (κ2) is 7.56. The first kappa shape index (κ1) is 16.6. The van der Waals surface area contributed by atoms with E-state index in [1.165, 1.54) is 5.56 Å². The lowest BCUT2D eigenvalue weighted by Crippen LogP contribution is -2.17. The van der Waals surface area contributed by atoms with Gasteiger partial charge in [0, 0.05) is 11.6 Å². The first-order chi connectivity index (χ1) is 11.7. The fraction of sp³-hybridized carbons (Fsp3) is 0.200. The van der Waals surface area contributed by atoms with Crippen molar-refractivity contribution >= 4 is 11.6 Å². The van der Waals surface area contributed by atoms with E-state index in [1.807, 2.05) is 48.5 Å². The summed E-state index contributed by atoms with van der Waals surface area (Å²) in [6, 6.07) is 20.2. The van der Waals surface area contributed by atoms with E-state index in [0.29, 0.717) is 17.3 Å². The highest BCUT2D eigenvalue weighted by molar-refractivity contribution is 6.32. The van der Waals surface area contributed by atoms with E-state index in [0.717, 1.165) is 17.1 Å². The molecule has 124 valence electrons. The Kier molecular flexibility index (Phi) is 5.24. The van der Waals surface area contributed by atoms with Gasteiger partial charge in [0.1, 0.15) is 17.3 Å². The van der Waals surface area contributed by atoms with Gasteiger partial charge in [-0.25, -0.2) is 0 Å². The van der Waals surface area contributed by atoms with E-state index in [1.54, 1.807) is 7.11 Å². The summed E-state index contributed by atoms with van der Waals surface area (Å²) in [6.07, 6.45) is 0. The lowest BCUT2D eigenvalue weighted by Gasteiger charge is -2.13. The SMILES string of the molecule is COc1ccc(-c2ccc(CNC(C)c3ccccc3)o2)cc1Cl. The number of methoxy groups -OCH3 is 1. The van der Waals surface area contributed by atoms with Gasteiger partial charge >= 0.3 is 0 Å². The van der Waals surface area contributed by atoms with Crippen LogP contribution in [0.5, 0.6) is 5.75 Å². The minimum absolute atomic E-state index is 0.259. The Labute approximate surface area is 147 Å². The molecule has 2 aromatic carbocycles. The summed E-state index contributed by atoms with van der Waals surface area (Å²) in [5, 5.41) is 4.04. The van der Waals surface area contributed by atoms with Crippen LogP contribution in [-0.2, 0) is 6.54 Å². The molecule has 0 aliphatic heterocycles. The van der Waals surface area contributed by atoms with Crippen LogP contribution in [0.1, 0.15) is 24.3 Å². The van der Waals surface area contributed by atoms with E-state index in [9.17, 15) is 0 Å². The van der Waals surface area contributed by atoms with E-state index >= 15 is 0 Å². The summed E-state index contributed by atoms with van der Waals surface area (Å²) in [6.45, 7) is 2.81. The fourth-order valence-electron chi connectivity index (χ4n) is 2.56. The smallest absolute Gasteiger partial charge is 0.137 e.